The highest BCUT2D eigenvalue weighted by Gasteiger charge is 2.32. The van der Waals surface area contributed by atoms with Crippen molar-refractivity contribution in [1.29, 1.82) is 0 Å². The molecule has 2 nitrogen and oxygen atoms in total. The first-order valence-electron chi connectivity index (χ1n) is 6.76. The second-order valence-electron chi connectivity index (χ2n) is 5.91. The van der Waals surface area contributed by atoms with Crippen LogP contribution in [-0.4, -0.2) is 37.1 Å². The van der Waals surface area contributed by atoms with Gasteiger partial charge in [-0.3, -0.25) is 0 Å². The molecule has 3 heteroatoms. The number of methoxy groups -OCH3 is 1. The lowest BCUT2D eigenvalue weighted by Gasteiger charge is -2.28. The minimum absolute atomic E-state index is 0. The van der Waals surface area contributed by atoms with Crippen LogP contribution < -0.4 is 17.0 Å². The summed E-state index contributed by atoms with van der Waals surface area (Å²) < 4.78 is 7.97. The minimum Gasteiger partial charge on any atom is -1.00 e. The van der Waals surface area contributed by atoms with Crippen LogP contribution in [0.3, 0.4) is 0 Å². The fourth-order valence-electron chi connectivity index (χ4n) is 2.74. The summed E-state index contributed by atoms with van der Waals surface area (Å²) >= 11 is 0. The Morgan fingerprint density at radius 1 is 1.26 bits per heavy atom. The second kappa shape index (κ2) is 7.20. The first-order chi connectivity index (χ1) is 8.59. The van der Waals surface area contributed by atoms with Gasteiger partial charge in [0.2, 0.25) is 0 Å². The SMILES string of the molecule is COC1C[N+](CCc2ccccc2)=CC(C)(C)C1.[Br-]. The van der Waals surface area contributed by atoms with Crippen LogP contribution in [0.1, 0.15) is 25.8 Å². The molecule has 0 bridgehead atoms. The molecule has 0 N–H and O–H groups in total. The number of benzene rings is 1. The Hall–Kier alpha value is -0.670. The average molecular weight is 326 g/mol. The van der Waals surface area contributed by atoms with E-state index in [0.717, 1.165) is 25.9 Å². The maximum Gasteiger partial charge on any atom is 0.168 e. The van der Waals surface area contributed by atoms with Gasteiger partial charge in [-0.1, -0.05) is 44.2 Å². The second-order valence-corrected chi connectivity index (χ2v) is 5.91. The molecule has 0 saturated heterocycles. The lowest BCUT2D eigenvalue weighted by molar-refractivity contribution is -0.541. The quantitative estimate of drug-likeness (QED) is 0.696. The predicted molar refractivity (Wildman–Crippen MR) is 75.4 cm³/mol. The Bertz CT molecular complexity index is 414. The first-order valence-corrected chi connectivity index (χ1v) is 6.76. The van der Waals surface area contributed by atoms with E-state index >= 15 is 0 Å². The third kappa shape index (κ3) is 5.07. The van der Waals surface area contributed by atoms with E-state index in [9.17, 15) is 0 Å². The highest BCUT2D eigenvalue weighted by Crippen LogP contribution is 2.24. The molecule has 0 amide bonds. The number of halogens is 1. The van der Waals surface area contributed by atoms with E-state index in [0.29, 0.717) is 6.10 Å². The van der Waals surface area contributed by atoms with E-state index in [1.807, 2.05) is 7.11 Å². The Morgan fingerprint density at radius 3 is 2.58 bits per heavy atom. The molecule has 0 saturated carbocycles. The molecule has 106 valence electrons. The van der Waals surface area contributed by atoms with Crippen LogP contribution in [-0.2, 0) is 11.2 Å². The van der Waals surface area contributed by atoms with E-state index in [1.165, 1.54) is 5.56 Å². The van der Waals surface area contributed by atoms with Gasteiger partial charge in [-0.25, -0.2) is 4.58 Å². The molecule has 1 heterocycles. The van der Waals surface area contributed by atoms with Gasteiger partial charge >= 0.3 is 0 Å². The molecule has 1 aromatic rings. The number of hydrogen-bond donors (Lipinski definition) is 0. The van der Waals surface area contributed by atoms with Crippen LogP contribution in [0.2, 0.25) is 0 Å². The maximum absolute atomic E-state index is 5.55. The van der Waals surface area contributed by atoms with Gasteiger partial charge in [0.15, 0.2) is 6.54 Å². The first kappa shape index (κ1) is 16.4. The third-order valence-corrected chi connectivity index (χ3v) is 3.59. The largest absolute Gasteiger partial charge is 1.00 e. The van der Waals surface area contributed by atoms with Crippen molar-refractivity contribution >= 4 is 6.21 Å². The summed E-state index contributed by atoms with van der Waals surface area (Å²) in [6.07, 6.45) is 4.96. The fraction of sp³-hybridized carbons (Fsp3) is 0.562. The lowest BCUT2D eigenvalue weighted by Crippen LogP contribution is -3.00. The minimum atomic E-state index is 0. The lowest BCUT2D eigenvalue weighted by atomic mass is 9.85. The van der Waals surface area contributed by atoms with Crippen LogP contribution in [0.15, 0.2) is 30.3 Å². The van der Waals surface area contributed by atoms with Gasteiger partial charge in [0.05, 0.1) is 0 Å². The number of rotatable bonds is 4. The van der Waals surface area contributed by atoms with Gasteiger partial charge in [-0.05, 0) is 12.0 Å². The summed E-state index contributed by atoms with van der Waals surface area (Å²) in [5.41, 5.74) is 1.65. The molecule has 1 aliphatic heterocycles. The maximum atomic E-state index is 5.55. The van der Waals surface area contributed by atoms with E-state index in [1.54, 1.807) is 0 Å². The van der Waals surface area contributed by atoms with Crippen molar-refractivity contribution in [3.63, 3.8) is 0 Å². The summed E-state index contributed by atoms with van der Waals surface area (Å²) in [5.74, 6) is 0. The van der Waals surface area contributed by atoms with Gasteiger partial charge in [0.25, 0.3) is 0 Å². The highest BCUT2D eigenvalue weighted by atomic mass is 79.9. The molecule has 19 heavy (non-hydrogen) atoms. The molecular weight excluding hydrogens is 302 g/mol. The molecule has 0 fully saturated rings. The van der Waals surface area contributed by atoms with Crippen LogP contribution in [0.5, 0.6) is 0 Å². The third-order valence-electron chi connectivity index (χ3n) is 3.59. The topological polar surface area (TPSA) is 12.2 Å². The molecule has 1 aliphatic rings. The van der Waals surface area contributed by atoms with Crippen LogP contribution in [0.25, 0.3) is 0 Å². The van der Waals surface area contributed by atoms with Crippen molar-refractivity contribution in [2.75, 3.05) is 20.2 Å². The summed E-state index contributed by atoms with van der Waals surface area (Å²) in [5, 5.41) is 0. The van der Waals surface area contributed by atoms with Gasteiger partial charge in [0.1, 0.15) is 18.9 Å². The van der Waals surface area contributed by atoms with E-state index in [2.05, 4.69) is 55.0 Å². The van der Waals surface area contributed by atoms with Crippen LogP contribution in [0, 0.1) is 5.41 Å². The van der Waals surface area contributed by atoms with E-state index < -0.39 is 0 Å². The molecular formula is C16H24BrNO. The van der Waals surface area contributed by atoms with Gasteiger partial charge in [0, 0.05) is 18.9 Å². The van der Waals surface area contributed by atoms with Crippen LogP contribution in [0.4, 0.5) is 0 Å². The summed E-state index contributed by atoms with van der Waals surface area (Å²) in [7, 11) is 1.82. The zero-order chi connectivity index (χ0) is 13.0. The smallest absolute Gasteiger partial charge is 0.168 e. The highest BCUT2D eigenvalue weighted by molar-refractivity contribution is 5.60. The Morgan fingerprint density at radius 2 is 1.95 bits per heavy atom. The zero-order valence-electron chi connectivity index (χ0n) is 12.1. The summed E-state index contributed by atoms with van der Waals surface area (Å²) in [4.78, 5) is 0. The standard InChI is InChI=1S/C16H24NO.BrH/c1-16(2)11-15(18-3)12-17(13-16)10-9-14-7-5-4-6-8-14;/h4-8,13,15H,9-12H2,1-3H3;1H/q+1;/p-1. The summed E-state index contributed by atoms with van der Waals surface area (Å²) in [6, 6.07) is 10.7. The van der Waals surface area contributed by atoms with Crippen molar-refractivity contribution < 1.29 is 26.3 Å². The van der Waals surface area contributed by atoms with Crippen molar-refractivity contribution in [3.8, 4) is 0 Å². The normalized spacial score (nSPS) is 21.4. The van der Waals surface area contributed by atoms with E-state index in [4.69, 9.17) is 4.74 Å². The van der Waals surface area contributed by atoms with Gasteiger partial charge in [-0.15, -0.1) is 0 Å². The average Bonchev–Trinajstić information content (AvgIpc) is 2.36. The van der Waals surface area contributed by atoms with Crippen molar-refractivity contribution in [2.24, 2.45) is 5.41 Å². The molecule has 1 unspecified atom stereocenters. The van der Waals surface area contributed by atoms with Crippen molar-refractivity contribution in [3.05, 3.63) is 35.9 Å². The molecule has 1 aromatic carbocycles. The fourth-order valence-corrected chi connectivity index (χ4v) is 2.74. The molecule has 0 radical (unpaired) electrons. The number of nitrogens with zero attached hydrogens (tertiary/aromatic N) is 1. The Labute approximate surface area is 127 Å². The molecule has 0 aromatic heterocycles. The van der Waals surface area contributed by atoms with Crippen LogP contribution >= 0.6 is 0 Å². The Balaban J connectivity index is 0.00000180. The molecule has 0 aliphatic carbocycles. The molecule has 0 spiro atoms. The monoisotopic (exact) mass is 325 g/mol. The molecule has 2 rings (SSSR count). The number of ether oxygens (including phenoxy) is 1. The van der Waals surface area contributed by atoms with Gasteiger partial charge in [-0.2, -0.15) is 0 Å². The Kier molecular flexibility index (Phi) is 6.21. The zero-order valence-corrected chi connectivity index (χ0v) is 13.7. The number of hydrogen-bond acceptors (Lipinski definition) is 1. The summed E-state index contributed by atoms with van der Waals surface area (Å²) in [6.45, 7) is 6.67. The predicted octanol–water partition coefficient (Wildman–Crippen LogP) is -0.239. The molecule has 1 atom stereocenters. The van der Waals surface area contributed by atoms with E-state index in [-0.39, 0.29) is 22.4 Å². The van der Waals surface area contributed by atoms with Crippen molar-refractivity contribution in [1.82, 2.24) is 0 Å². The van der Waals surface area contributed by atoms with Gasteiger partial charge < -0.3 is 21.7 Å². The van der Waals surface area contributed by atoms with Crippen molar-refractivity contribution in [2.45, 2.75) is 32.8 Å².